The van der Waals surface area contributed by atoms with E-state index in [4.69, 9.17) is 11.8 Å². The van der Waals surface area contributed by atoms with E-state index < -0.39 is 0 Å². The molecule has 3 nitrogen and oxygen atoms in total. The molecular weight excluding hydrogens is 222 g/mol. The zero-order valence-corrected chi connectivity index (χ0v) is 12.2. The summed E-state index contributed by atoms with van der Waals surface area (Å²) in [5.41, 5.74) is 0.0221. The maximum Gasteiger partial charge on any atom is 0.115 e. The molecule has 1 aliphatic rings. The maximum atomic E-state index is 6.33. The lowest BCUT2D eigenvalue weighted by Crippen LogP contribution is -2.41. The van der Waals surface area contributed by atoms with E-state index in [9.17, 15) is 0 Å². The Morgan fingerprint density at radius 1 is 1.38 bits per heavy atom. The quantitative estimate of drug-likeness (QED) is 0.556. The van der Waals surface area contributed by atoms with Gasteiger partial charge in [-0.3, -0.25) is 4.42 Å². The monoisotopic (exact) mass is 246 g/mol. The molecule has 0 atom stereocenters. The van der Waals surface area contributed by atoms with E-state index in [2.05, 4.69) is 46.0 Å². The predicted molar refractivity (Wildman–Crippen MR) is 70.0 cm³/mol. The second-order valence-corrected chi connectivity index (χ2v) is 6.51. The minimum Gasteiger partial charge on any atom is -0.350 e. The molecule has 1 saturated heterocycles. The van der Waals surface area contributed by atoms with Crippen LogP contribution in [0.25, 0.3) is 0 Å². The molecule has 1 fully saturated rings. The number of hydrogen-bond acceptors (Lipinski definition) is 2. The van der Waals surface area contributed by atoms with Crippen molar-refractivity contribution < 1.29 is 4.48 Å². The van der Waals surface area contributed by atoms with Gasteiger partial charge in [-0.1, -0.05) is 0 Å². The van der Waals surface area contributed by atoms with Gasteiger partial charge in [0.2, 0.25) is 0 Å². The number of halogens is 1. The van der Waals surface area contributed by atoms with E-state index in [1.807, 2.05) is 11.3 Å². The topological polar surface area (TPSA) is 6.48 Å². The minimum absolute atomic E-state index is 0.0221. The molecular formula is C12H25ClN3+. The summed E-state index contributed by atoms with van der Waals surface area (Å²) in [6.07, 6.45) is 2.09. The van der Waals surface area contributed by atoms with Gasteiger partial charge in [-0.25, -0.2) is 0 Å². The number of allylic oxidation sites excluding steroid dienone is 1. The molecule has 94 valence electrons. The van der Waals surface area contributed by atoms with Crippen LogP contribution in [0.4, 0.5) is 0 Å². The molecule has 16 heavy (non-hydrogen) atoms. The van der Waals surface area contributed by atoms with Crippen LogP contribution in [0, 0.1) is 0 Å². The summed E-state index contributed by atoms with van der Waals surface area (Å²) >= 11 is 6.33. The van der Waals surface area contributed by atoms with Gasteiger partial charge in [-0.05, 0) is 26.8 Å². The third-order valence-corrected chi connectivity index (χ3v) is 3.56. The van der Waals surface area contributed by atoms with Crippen LogP contribution in [0.3, 0.4) is 0 Å². The SMILES string of the molecule is CC=C1N(CC[N+](C)(C)C)CC(C)(C)N1Cl. The third-order valence-electron chi connectivity index (χ3n) is 2.93. The van der Waals surface area contributed by atoms with Gasteiger partial charge < -0.3 is 9.38 Å². The first-order valence-corrected chi connectivity index (χ1v) is 6.19. The average molecular weight is 247 g/mol. The summed E-state index contributed by atoms with van der Waals surface area (Å²) in [5, 5.41) is 0. The fraction of sp³-hybridized carbons (Fsp3) is 0.833. The van der Waals surface area contributed by atoms with E-state index in [1.165, 1.54) is 0 Å². The van der Waals surface area contributed by atoms with Gasteiger partial charge in [-0.2, -0.15) is 0 Å². The Morgan fingerprint density at radius 2 is 1.94 bits per heavy atom. The lowest BCUT2D eigenvalue weighted by atomic mass is 10.1. The predicted octanol–water partition coefficient (Wildman–Crippen LogP) is 2.10. The van der Waals surface area contributed by atoms with Crippen molar-refractivity contribution in [3.8, 4) is 0 Å². The molecule has 0 unspecified atom stereocenters. The van der Waals surface area contributed by atoms with E-state index in [0.717, 1.165) is 29.9 Å². The Kier molecular flexibility index (Phi) is 3.80. The fourth-order valence-electron chi connectivity index (χ4n) is 1.95. The molecule has 0 N–H and O–H groups in total. The summed E-state index contributed by atoms with van der Waals surface area (Å²) in [5.74, 6) is 1.14. The van der Waals surface area contributed by atoms with Crippen LogP contribution in [0.5, 0.6) is 0 Å². The molecule has 0 amide bonds. The number of nitrogens with zero attached hydrogens (tertiary/aromatic N) is 3. The number of quaternary nitrogens is 1. The zero-order chi connectivity index (χ0) is 12.6. The van der Waals surface area contributed by atoms with Crippen molar-refractivity contribution in [1.29, 1.82) is 0 Å². The van der Waals surface area contributed by atoms with Gasteiger partial charge in [0.1, 0.15) is 5.82 Å². The number of rotatable bonds is 3. The Morgan fingerprint density at radius 3 is 2.38 bits per heavy atom. The van der Waals surface area contributed by atoms with Crippen LogP contribution in [0.1, 0.15) is 20.8 Å². The smallest absolute Gasteiger partial charge is 0.115 e. The largest absolute Gasteiger partial charge is 0.350 e. The molecule has 4 heteroatoms. The number of likely N-dealkylation sites (N-methyl/N-ethyl adjacent to an activating group) is 1. The van der Waals surface area contributed by atoms with E-state index in [1.54, 1.807) is 0 Å². The Bertz CT molecular complexity index is 278. The molecule has 0 aromatic rings. The normalized spacial score (nSPS) is 23.3. The first-order chi connectivity index (χ1) is 7.17. The van der Waals surface area contributed by atoms with Crippen LogP contribution in [0.2, 0.25) is 0 Å². The van der Waals surface area contributed by atoms with E-state index >= 15 is 0 Å². The molecule has 0 aliphatic carbocycles. The van der Waals surface area contributed by atoms with Crippen molar-refractivity contribution in [3.63, 3.8) is 0 Å². The number of hydrogen-bond donors (Lipinski definition) is 0. The van der Waals surface area contributed by atoms with Crippen molar-refractivity contribution in [1.82, 2.24) is 9.32 Å². The molecule has 0 aromatic heterocycles. The Hall–Kier alpha value is -0.410. The highest BCUT2D eigenvalue weighted by Crippen LogP contribution is 2.33. The standard InChI is InChI=1S/C12H25ClN3/c1-7-11-14(8-9-16(4,5)6)10-12(2,3)15(11)13/h7H,8-10H2,1-6H3/q+1. The van der Waals surface area contributed by atoms with Crippen LogP contribution in [-0.2, 0) is 0 Å². The van der Waals surface area contributed by atoms with E-state index in [0.29, 0.717) is 0 Å². The molecule has 0 bridgehead atoms. The lowest BCUT2D eigenvalue weighted by Gasteiger charge is -2.28. The highest BCUT2D eigenvalue weighted by molar-refractivity contribution is 6.15. The maximum absolute atomic E-state index is 6.33. The molecule has 1 aliphatic heterocycles. The van der Waals surface area contributed by atoms with Crippen molar-refractivity contribution in [2.24, 2.45) is 0 Å². The fourth-order valence-corrected chi connectivity index (χ4v) is 2.21. The second kappa shape index (κ2) is 4.46. The van der Waals surface area contributed by atoms with Crippen molar-refractivity contribution in [2.75, 3.05) is 40.8 Å². The van der Waals surface area contributed by atoms with Gasteiger partial charge in [0.05, 0.1) is 39.8 Å². The van der Waals surface area contributed by atoms with Crippen molar-refractivity contribution in [3.05, 3.63) is 11.9 Å². The van der Waals surface area contributed by atoms with Gasteiger partial charge >= 0.3 is 0 Å². The van der Waals surface area contributed by atoms with Crippen LogP contribution >= 0.6 is 11.8 Å². The summed E-state index contributed by atoms with van der Waals surface area (Å²) in [4.78, 5) is 2.37. The van der Waals surface area contributed by atoms with Crippen LogP contribution in [0.15, 0.2) is 11.9 Å². The summed E-state index contributed by atoms with van der Waals surface area (Å²) in [6.45, 7) is 9.57. The second-order valence-electron chi connectivity index (χ2n) is 6.18. The molecule has 0 spiro atoms. The molecule has 0 radical (unpaired) electrons. The van der Waals surface area contributed by atoms with E-state index in [-0.39, 0.29) is 5.54 Å². The molecule has 0 aromatic carbocycles. The highest BCUT2D eigenvalue weighted by atomic mass is 35.5. The Labute approximate surface area is 105 Å². The van der Waals surface area contributed by atoms with Gasteiger partial charge in [-0.15, -0.1) is 0 Å². The summed E-state index contributed by atoms with van der Waals surface area (Å²) < 4.78 is 2.85. The lowest BCUT2D eigenvalue weighted by molar-refractivity contribution is -0.869. The van der Waals surface area contributed by atoms with Crippen molar-refractivity contribution >= 4 is 11.8 Å². The summed E-state index contributed by atoms with van der Waals surface area (Å²) in [7, 11) is 6.65. The van der Waals surface area contributed by atoms with Gasteiger partial charge in [0.15, 0.2) is 0 Å². The molecule has 0 saturated carbocycles. The minimum atomic E-state index is 0.0221. The third kappa shape index (κ3) is 3.05. The van der Waals surface area contributed by atoms with Gasteiger partial charge in [0, 0.05) is 18.3 Å². The van der Waals surface area contributed by atoms with Crippen molar-refractivity contribution in [2.45, 2.75) is 26.3 Å². The van der Waals surface area contributed by atoms with Crippen LogP contribution < -0.4 is 0 Å². The first kappa shape index (κ1) is 13.7. The van der Waals surface area contributed by atoms with Crippen LogP contribution in [-0.4, -0.2) is 60.1 Å². The molecule has 1 heterocycles. The highest BCUT2D eigenvalue weighted by Gasteiger charge is 2.39. The average Bonchev–Trinajstić information content (AvgIpc) is 2.34. The first-order valence-electron chi connectivity index (χ1n) is 5.85. The summed E-state index contributed by atoms with van der Waals surface area (Å²) in [6, 6.07) is 0. The molecule has 1 rings (SSSR count). The zero-order valence-electron chi connectivity index (χ0n) is 11.4. The van der Waals surface area contributed by atoms with Gasteiger partial charge in [0.25, 0.3) is 0 Å². The Balaban J connectivity index is 2.69.